The normalized spacial score (nSPS) is 28.6. The molecule has 3 nitrogen and oxygen atoms in total. The van der Waals surface area contributed by atoms with Crippen molar-refractivity contribution in [2.24, 2.45) is 5.41 Å². The highest BCUT2D eigenvalue weighted by atomic mass is 16.4. The first kappa shape index (κ1) is 13.5. The van der Waals surface area contributed by atoms with E-state index in [2.05, 4.69) is 32.6 Å². The van der Waals surface area contributed by atoms with Crippen molar-refractivity contribution in [2.45, 2.75) is 58.9 Å². The molecule has 1 atom stereocenters. The number of carbonyl (C=O) groups is 1. The summed E-state index contributed by atoms with van der Waals surface area (Å²) < 4.78 is 0. The molecule has 1 unspecified atom stereocenters. The van der Waals surface area contributed by atoms with E-state index in [1.165, 1.54) is 0 Å². The second-order valence-electron chi connectivity index (χ2n) is 5.51. The highest BCUT2D eigenvalue weighted by molar-refractivity contribution is 5.68. The van der Waals surface area contributed by atoms with Crippen LogP contribution in [0.15, 0.2) is 0 Å². The van der Waals surface area contributed by atoms with Crippen LogP contribution in [0.1, 0.15) is 53.4 Å². The van der Waals surface area contributed by atoms with E-state index >= 15 is 0 Å². The summed E-state index contributed by atoms with van der Waals surface area (Å²) in [5, 5.41) is 9.18. The van der Waals surface area contributed by atoms with Crippen LogP contribution >= 0.6 is 0 Å². The standard InChI is InChI=1S/C13H25NO2/c1-5-14(6-2)13(10-11(15)16)9-7-8-12(13,3)4/h5-10H2,1-4H3,(H,15,16). The smallest absolute Gasteiger partial charge is 0.305 e. The molecule has 0 amide bonds. The maximum absolute atomic E-state index is 11.2. The summed E-state index contributed by atoms with van der Waals surface area (Å²) in [5.74, 6) is -0.665. The Bertz CT molecular complexity index is 259. The number of rotatable bonds is 5. The van der Waals surface area contributed by atoms with Gasteiger partial charge < -0.3 is 5.11 Å². The first-order valence-electron chi connectivity index (χ1n) is 6.36. The summed E-state index contributed by atoms with van der Waals surface area (Å²) in [4.78, 5) is 13.5. The Morgan fingerprint density at radius 1 is 1.25 bits per heavy atom. The Labute approximate surface area is 98.8 Å². The topological polar surface area (TPSA) is 40.5 Å². The van der Waals surface area contributed by atoms with Gasteiger partial charge in [0.2, 0.25) is 0 Å². The Balaban J connectivity index is 3.05. The van der Waals surface area contributed by atoms with Crippen LogP contribution in [0.3, 0.4) is 0 Å². The lowest BCUT2D eigenvalue weighted by Crippen LogP contribution is -2.56. The molecule has 1 aliphatic rings. The van der Waals surface area contributed by atoms with Crippen LogP contribution in [-0.4, -0.2) is 34.6 Å². The molecule has 0 heterocycles. The highest BCUT2D eigenvalue weighted by Gasteiger charge is 2.52. The Kier molecular flexibility index (Phi) is 4.00. The first-order chi connectivity index (χ1) is 7.39. The molecule has 3 heteroatoms. The van der Waals surface area contributed by atoms with Gasteiger partial charge in [0.25, 0.3) is 0 Å². The molecular weight excluding hydrogens is 202 g/mol. The fourth-order valence-electron chi connectivity index (χ4n) is 3.50. The number of aliphatic carboxylic acids is 1. The van der Waals surface area contributed by atoms with Crippen LogP contribution < -0.4 is 0 Å². The van der Waals surface area contributed by atoms with E-state index < -0.39 is 5.97 Å². The minimum atomic E-state index is -0.665. The molecule has 0 saturated heterocycles. The monoisotopic (exact) mass is 227 g/mol. The molecule has 0 aromatic heterocycles. The summed E-state index contributed by atoms with van der Waals surface area (Å²) in [6.07, 6.45) is 3.59. The van der Waals surface area contributed by atoms with E-state index in [1.807, 2.05) is 0 Å². The van der Waals surface area contributed by atoms with E-state index in [4.69, 9.17) is 0 Å². The SMILES string of the molecule is CCN(CC)C1(CC(=O)O)CCCC1(C)C. The van der Waals surface area contributed by atoms with Crippen LogP contribution in [0.25, 0.3) is 0 Å². The van der Waals surface area contributed by atoms with E-state index in [9.17, 15) is 9.90 Å². The van der Waals surface area contributed by atoms with Gasteiger partial charge in [0.1, 0.15) is 0 Å². The van der Waals surface area contributed by atoms with Crippen LogP contribution in [0, 0.1) is 5.41 Å². The fourth-order valence-corrected chi connectivity index (χ4v) is 3.50. The van der Waals surface area contributed by atoms with Crippen molar-refractivity contribution in [3.63, 3.8) is 0 Å². The minimum Gasteiger partial charge on any atom is -0.481 e. The van der Waals surface area contributed by atoms with Gasteiger partial charge in [-0.15, -0.1) is 0 Å². The Hall–Kier alpha value is -0.570. The van der Waals surface area contributed by atoms with Gasteiger partial charge in [-0.05, 0) is 31.3 Å². The second-order valence-corrected chi connectivity index (χ2v) is 5.51. The molecule has 1 fully saturated rings. The number of carboxylic acid groups (broad SMARTS) is 1. The van der Waals surface area contributed by atoms with Gasteiger partial charge in [-0.3, -0.25) is 9.69 Å². The van der Waals surface area contributed by atoms with Gasteiger partial charge in [0, 0.05) is 5.54 Å². The largest absolute Gasteiger partial charge is 0.481 e. The quantitative estimate of drug-likeness (QED) is 0.785. The van der Waals surface area contributed by atoms with Gasteiger partial charge >= 0.3 is 5.97 Å². The summed E-state index contributed by atoms with van der Waals surface area (Å²) >= 11 is 0. The molecule has 0 radical (unpaired) electrons. The van der Waals surface area contributed by atoms with Crippen molar-refractivity contribution in [1.82, 2.24) is 4.90 Å². The molecule has 0 aliphatic heterocycles. The van der Waals surface area contributed by atoms with Crippen molar-refractivity contribution in [1.29, 1.82) is 0 Å². The molecule has 16 heavy (non-hydrogen) atoms. The average Bonchev–Trinajstić information content (AvgIpc) is 2.44. The van der Waals surface area contributed by atoms with Crippen LogP contribution in [0.4, 0.5) is 0 Å². The Morgan fingerprint density at radius 3 is 2.12 bits per heavy atom. The van der Waals surface area contributed by atoms with E-state index in [0.29, 0.717) is 0 Å². The predicted molar refractivity (Wildman–Crippen MR) is 65.5 cm³/mol. The zero-order chi connectivity index (χ0) is 12.4. The molecule has 94 valence electrons. The third-order valence-corrected chi connectivity index (χ3v) is 4.46. The Morgan fingerprint density at radius 2 is 1.81 bits per heavy atom. The maximum atomic E-state index is 11.2. The van der Waals surface area contributed by atoms with Gasteiger partial charge in [-0.2, -0.15) is 0 Å². The van der Waals surface area contributed by atoms with Crippen molar-refractivity contribution in [2.75, 3.05) is 13.1 Å². The van der Waals surface area contributed by atoms with Crippen molar-refractivity contribution >= 4 is 5.97 Å². The minimum absolute atomic E-state index is 0.109. The lowest BCUT2D eigenvalue weighted by molar-refractivity contribution is -0.143. The maximum Gasteiger partial charge on any atom is 0.305 e. The molecular formula is C13H25NO2. The van der Waals surface area contributed by atoms with Crippen molar-refractivity contribution in [3.8, 4) is 0 Å². The van der Waals surface area contributed by atoms with E-state index in [1.54, 1.807) is 0 Å². The number of nitrogens with zero attached hydrogens (tertiary/aromatic N) is 1. The third kappa shape index (κ3) is 2.10. The van der Waals surface area contributed by atoms with Crippen LogP contribution in [0.2, 0.25) is 0 Å². The van der Waals surface area contributed by atoms with Gasteiger partial charge in [-0.25, -0.2) is 0 Å². The number of carboxylic acids is 1. The average molecular weight is 227 g/mol. The molecule has 1 aliphatic carbocycles. The number of hydrogen-bond donors (Lipinski definition) is 1. The number of hydrogen-bond acceptors (Lipinski definition) is 2. The fraction of sp³-hybridized carbons (Fsp3) is 0.923. The summed E-state index contributed by atoms with van der Waals surface area (Å²) in [6.45, 7) is 10.6. The molecule has 0 spiro atoms. The third-order valence-electron chi connectivity index (χ3n) is 4.46. The molecule has 0 aromatic carbocycles. The summed E-state index contributed by atoms with van der Waals surface area (Å²) in [5.41, 5.74) is -0.0280. The first-order valence-corrected chi connectivity index (χ1v) is 6.36. The van der Waals surface area contributed by atoms with Crippen molar-refractivity contribution < 1.29 is 9.90 Å². The lowest BCUT2D eigenvalue weighted by atomic mass is 9.71. The predicted octanol–water partition coefficient (Wildman–Crippen LogP) is 2.75. The van der Waals surface area contributed by atoms with Gasteiger partial charge in [0.15, 0.2) is 0 Å². The zero-order valence-electron chi connectivity index (χ0n) is 11.0. The molecule has 1 saturated carbocycles. The molecule has 1 rings (SSSR count). The second kappa shape index (κ2) is 4.74. The molecule has 0 aromatic rings. The summed E-state index contributed by atoms with van der Waals surface area (Å²) in [6, 6.07) is 0. The van der Waals surface area contributed by atoms with Crippen LogP contribution in [0.5, 0.6) is 0 Å². The van der Waals surface area contributed by atoms with Crippen LogP contribution in [-0.2, 0) is 4.79 Å². The van der Waals surface area contributed by atoms with Gasteiger partial charge in [0.05, 0.1) is 6.42 Å². The lowest BCUT2D eigenvalue weighted by Gasteiger charge is -2.48. The van der Waals surface area contributed by atoms with E-state index in [0.717, 1.165) is 32.4 Å². The van der Waals surface area contributed by atoms with E-state index in [-0.39, 0.29) is 17.4 Å². The zero-order valence-corrected chi connectivity index (χ0v) is 11.0. The summed E-state index contributed by atoms with van der Waals surface area (Å²) in [7, 11) is 0. The van der Waals surface area contributed by atoms with Gasteiger partial charge in [-0.1, -0.05) is 34.1 Å². The highest BCUT2D eigenvalue weighted by Crippen LogP contribution is 2.51. The molecule has 1 N–H and O–H groups in total. The van der Waals surface area contributed by atoms with Crippen molar-refractivity contribution in [3.05, 3.63) is 0 Å². The molecule has 0 bridgehead atoms.